The van der Waals surface area contributed by atoms with Gasteiger partial charge in [-0.25, -0.2) is 4.39 Å². The number of ether oxygens (including phenoxy) is 1. The predicted molar refractivity (Wildman–Crippen MR) is 75.8 cm³/mol. The zero-order valence-electron chi connectivity index (χ0n) is 11.9. The maximum atomic E-state index is 13.4. The maximum Gasteiger partial charge on any atom is 0.310 e. The SMILES string of the molecule is CN=C(NCc1ccccc1F)NCC(C)C(=O)OC. The molecule has 0 aromatic heterocycles. The van der Waals surface area contributed by atoms with E-state index < -0.39 is 0 Å². The van der Waals surface area contributed by atoms with Crippen molar-refractivity contribution in [3.63, 3.8) is 0 Å². The van der Waals surface area contributed by atoms with Crippen LogP contribution in [0.2, 0.25) is 0 Å². The van der Waals surface area contributed by atoms with E-state index in [0.29, 0.717) is 24.6 Å². The van der Waals surface area contributed by atoms with Gasteiger partial charge in [0.2, 0.25) is 0 Å². The Morgan fingerprint density at radius 2 is 2.10 bits per heavy atom. The number of nitrogens with one attached hydrogen (secondary N) is 2. The first-order valence-corrected chi connectivity index (χ1v) is 6.34. The lowest BCUT2D eigenvalue weighted by Crippen LogP contribution is -2.40. The van der Waals surface area contributed by atoms with Gasteiger partial charge in [0, 0.05) is 25.7 Å². The molecule has 0 radical (unpaired) electrons. The van der Waals surface area contributed by atoms with Gasteiger partial charge in [-0.2, -0.15) is 0 Å². The summed E-state index contributed by atoms with van der Waals surface area (Å²) in [5.41, 5.74) is 0.552. The molecule has 1 atom stereocenters. The second-order valence-corrected chi connectivity index (χ2v) is 4.32. The number of hydrogen-bond acceptors (Lipinski definition) is 3. The van der Waals surface area contributed by atoms with Crippen molar-refractivity contribution in [1.82, 2.24) is 10.6 Å². The minimum Gasteiger partial charge on any atom is -0.469 e. The van der Waals surface area contributed by atoms with Crippen LogP contribution in [-0.2, 0) is 16.1 Å². The Morgan fingerprint density at radius 1 is 1.40 bits per heavy atom. The van der Waals surface area contributed by atoms with Crippen LogP contribution < -0.4 is 10.6 Å². The molecule has 6 heteroatoms. The van der Waals surface area contributed by atoms with Gasteiger partial charge in [-0.15, -0.1) is 0 Å². The molecule has 1 rings (SSSR count). The lowest BCUT2D eigenvalue weighted by molar-refractivity contribution is -0.144. The van der Waals surface area contributed by atoms with Gasteiger partial charge in [0.1, 0.15) is 5.82 Å². The zero-order chi connectivity index (χ0) is 15.0. The molecule has 0 spiro atoms. The third-order valence-corrected chi connectivity index (χ3v) is 2.81. The number of rotatable bonds is 5. The normalized spacial score (nSPS) is 12.7. The highest BCUT2D eigenvalue weighted by molar-refractivity contribution is 5.80. The van der Waals surface area contributed by atoms with Crippen LogP contribution in [0, 0.1) is 11.7 Å². The smallest absolute Gasteiger partial charge is 0.310 e. The van der Waals surface area contributed by atoms with Crippen molar-refractivity contribution in [2.75, 3.05) is 20.7 Å². The van der Waals surface area contributed by atoms with Gasteiger partial charge in [0.15, 0.2) is 5.96 Å². The number of carbonyl (C=O) groups excluding carboxylic acids is 1. The van der Waals surface area contributed by atoms with E-state index in [1.165, 1.54) is 13.2 Å². The average molecular weight is 281 g/mol. The summed E-state index contributed by atoms with van der Waals surface area (Å²) in [6.07, 6.45) is 0. The first kappa shape index (κ1) is 15.9. The van der Waals surface area contributed by atoms with Gasteiger partial charge in [0.05, 0.1) is 13.0 Å². The standard InChI is InChI=1S/C14H20FN3O2/c1-10(13(19)20-3)8-17-14(16-2)18-9-11-6-4-5-7-12(11)15/h4-7,10H,8-9H2,1-3H3,(H2,16,17,18). The molecule has 0 bridgehead atoms. The summed E-state index contributed by atoms with van der Waals surface area (Å²) in [5, 5.41) is 5.98. The van der Waals surface area contributed by atoms with Gasteiger partial charge in [-0.1, -0.05) is 25.1 Å². The van der Waals surface area contributed by atoms with E-state index in [2.05, 4.69) is 20.4 Å². The zero-order valence-corrected chi connectivity index (χ0v) is 11.9. The van der Waals surface area contributed by atoms with Crippen molar-refractivity contribution in [3.8, 4) is 0 Å². The molecule has 0 saturated carbocycles. The molecule has 2 N–H and O–H groups in total. The molecule has 0 fully saturated rings. The van der Waals surface area contributed by atoms with E-state index in [9.17, 15) is 9.18 Å². The Bertz CT molecular complexity index is 477. The second-order valence-electron chi connectivity index (χ2n) is 4.32. The molecular formula is C14H20FN3O2. The third kappa shape index (κ3) is 4.87. The van der Waals surface area contributed by atoms with Crippen LogP contribution in [0.3, 0.4) is 0 Å². The van der Waals surface area contributed by atoms with Crippen LogP contribution in [0.4, 0.5) is 4.39 Å². The molecule has 1 unspecified atom stereocenters. The first-order valence-electron chi connectivity index (χ1n) is 6.34. The fourth-order valence-corrected chi connectivity index (χ4v) is 1.58. The number of guanidine groups is 1. The molecular weight excluding hydrogens is 261 g/mol. The Morgan fingerprint density at radius 3 is 2.70 bits per heavy atom. The Labute approximate surface area is 118 Å². The van der Waals surface area contributed by atoms with Crippen LogP contribution >= 0.6 is 0 Å². The lowest BCUT2D eigenvalue weighted by atomic mass is 10.2. The summed E-state index contributed by atoms with van der Waals surface area (Å²) in [6.45, 7) is 2.46. The molecule has 0 aliphatic rings. The number of methoxy groups -OCH3 is 1. The average Bonchev–Trinajstić information content (AvgIpc) is 2.47. The second kappa shape index (κ2) is 8.14. The number of hydrogen-bond donors (Lipinski definition) is 2. The van der Waals surface area contributed by atoms with Crippen molar-refractivity contribution in [2.45, 2.75) is 13.5 Å². The van der Waals surface area contributed by atoms with Gasteiger partial charge < -0.3 is 15.4 Å². The summed E-state index contributed by atoms with van der Waals surface area (Å²) in [5.74, 6) is -0.337. The number of esters is 1. The molecule has 0 aliphatic heterocycles. The Balaban J connectivity index is 2.45. The van der Waals surface area contributed by atoms with E-state index in [4.69, 9.17) is 0 Å². The number of benzene rings is 1. The van der Waals surface area contributed by atoms with Gasteiger partial charge in [-0.3, -0.25) is 9.79 Å². The molecule has 5 nitrogen and oxygen atoms in total. The van der Waals surface area contributed by atoms with Gasteiger partial charge in [-0.05, 0) is 6.07 Å². The monoisotopic (exact) mass is 281 g/mol. The van der Waals surface area contributed by atoms with Crippen LogP contribution in [0.5, 0.6) is 0 Å². The van der Waals surface area contributed by atoms with Crippen molar-refractivity contribution in [3.05, 3.63) is 35.6 Å². The summed E-state index contributed by atoms with van der Waals surface area (Å²) in [6, 6.07) is 6.53. The molecule has 110 valence electrons. The Hall–Kier alpha value is -2.11. The summed E-state index contributed by atoms with van der Waals surface area (Å²) >= 11 is 0. The number of nitrogens with zero attached hydrogens (tertiary/aromatic N) is 1. The molecule has 0 saturated heterocycles. The van der Waals surface area contributed by atoms with Crippen molar-refractivity contribution in [1.29, 1.82) is 0 Å². The largest absolute Gasteiger partial charge is 0.469 e. The van der Waals surface area contributed by atoms with E-state index >= 15 is 0 Å². The highest BCUT2D eigenvalue weighted by Gasteiger charge is 2.13. The third-order valence-electron chi connectivity index (χ3n) is 2.81. The Kier molecular flexibility index (Phi) is 6.49. The highest BCUT2D eigenvalue weighted by Crippen LogP contribution is 2.05. The summed E-state index contributed by atoms with van der Waals surface area (Å²) in [4.78, 5) is 15.3. The van der Waals surface area contributed by atoms with Crippen molar-refractivity contribution < 1.29 is 13.9 Å². The lowest BCUT2D eigenvalue weighted by Gasteiger charge is -2.14. The van der Waals surface area contributed by atoms with E-state index in [1.807, 2.05) is 0 Å². The maximum absolute atomic E-state index is 13.4. The fraction of sp³-hybridized carbons (Fsp3) is 0.429. The number of halogens is 1. The molecule has 1 aromatic rings. The van der Waals surface area contributed by atoms with Gasteiger partial charge in [0.25, 0.3) is 0 Å². The van der Waals surface area contributed by atoms with Crippen LogP contribution in [0.1, 0.15) is 12.5 Å². The first-order chi connectivity index (χ1) is 9.58. The van der Waals surface area contributed by atoms with E-state index in [0.717, 1.165) is 0 Å². The van der Waals surface area contributed by atoms with Crippen LogP contribution in [-0.4, -0.2) is 32.6 Å². The molecule has 1 aromatic carbocycles. The van der Waals surface area contributed by atoms with Crippen molar-refractivity contribution >= 4 is 11.9 Å². The summed E-state index contributed by atoms with van der Waals surface area (Å²) in [7, 11) is 2.96. The number of aliphatic imine (C=N–C) groups is 1. The molecule has 0 amide bonds. The quantitative estimate of drug-likeness (QED) is 0.485. The minimum atomic E-state index is -0.290. The molecule has 0 heterocycles. The van der Waals surface area contributed by atoms with Crippen molar-refractivity contribution in [2.24, 2.45) is 10.9 Å². The highest BCUT2D eigenvalue weighted by atomic mass is 19.1. The van der Waals surface area contributed by atoms with Crippen LogP contribution in [0.25, 0.3) is 0 Å². The minimum absolute atomic E-state index is 0.265. The van der Waals surface area contributed by atoms with E-state index in [1.54, 1.807) is 32.2 Å². The topological polar surface area (TPSA) is 62.7 Å². The molecule has 20 heavy (non-hydrogen) atoms. The number of carbonyl (C=O) groups is 1. The van der Waals surface area contributed by atoms with Gasteiger partial charge >= 0.3 is 5.97 Å². The predicted octanol–water partition coefficient (Wildman–Crippen LogP) is 1.30. The fourth-order valence-electron chi connectivity index (χ4n) is 1.58. The van der Waals surface area contributed by atoms with Crippen LogP contribution in [0.15, 0.2) is 29.3 Å². The summed E-state index contributed by atoms with van der Waals surface area (Å²) < 4.78 is 18.1. The van der Waals surface area contributed by atoms with E-state index in [-0.39, 0.29) is 17.7 Å². The molecule has 0 aliphatic carbocycles.